The van der Waals surface area contributed by atoms with Crippen molar-refractivity contribution in [3.8, 4) is 23.0 Å². The lowest BCUT2D eigenvalue weighted by atomic mass is 10.2. The summed E-state index contributed by atoms with van der Waals surface area (Å²) in [5, 5.41) is 9.79. The first-order chi connectivity index (χ1) is 10.3. The number of rotatable bonds is 4. The molecule has 0 saturated carbocycles. The molecule has 2 aromatic rings. The van der Waals surface area contributed by atoms with Crippen molar-refractivity contribution >= 4 is 0 Å². The SMILES string of the molecule is Oc1ccccc1Oc1ccccc1OC1CCCCO1. The predicted octanol–water partition coefficient (Wildman–Crippen LogP) is 4.09. The zero-order chi connectivity index (χ0) is 14.5. The third kappa shape index (κ3) is 3.47. The zero-order valence-electron chi connectivity index (χ0n) is 11.7. The maximum atomic E-state index is 9.79. The van der Waals surface area contributed by atoms with Crippen LogP contribution in [0.2, 0.25) is 0 Å². The summed E-state index contributed by atoms with van der Waals surface area (Å²) >= 11 is 0. The van der Waals surface area contributed by atoms with Crippen molar-refractivity contribution < 1.29 is 19.3 Å². The van der Waals surface area contributed by atoms with Gasteiger partial charge in [-0.05, 0) is 37.1 Å². The van der Waals surface area contributed by atoms with Crippen molar-refractivity contribution in [3.63, 3.8) is 0 Å². The lowest BCUT2D eigenvalue weighted by molar-refractivity contribution is -0.106. The molecule has 0 bridgehead atoms. The third-order valence-electron chi connectivity index (χ3n) is 3.33. The highest BCUT2D eigenvalue weighted by Crippen LogP contribution is 2.36. The number of aromatic hydroxyl groups is 1. The van der Waals surface area contributed by atoms with E-state index < -0.39 is 0 Å². The molecule has 1 N–H and O–H groups in total. The lowest BCUT2D eigenvalue weighted by Crippen LogP contribution is -2.25. The first-order valence-corrected chi connectivity index (χ1v) is 7.16. The standard InChI is InChI=1S/C17H18O4/c18-13-7-1-2-8-14(13)20-15-9-3-4-10-16(15)21-17-11-5-6-12-19-17/h1-4,7-10,17-18H,5-6,11-12H2. The van der Waals surface area contributed by atoms with Gasteiger partial charge in [0.05, 0.1) is 6.61 Å². The number of benzene rings is 2. The Morgan fingerprint density at radius 1 is 0.905 bits per heavy atom. The van der Waals surface area contributed by atoms with Gasteiger partial charge in [0.2, 0.25) is 0 Å². The molecule has 1 aliphatic heterocycles. The van der Waals surface area contributed by atoms with Crippen LogP contribution >= 0.6 is 0 Å². The second kappa shape index (κ2) is 6.50. The van der Waals surface area contributed by atoms with Crippen LogP contribution in [-0.2, 0) is 4.74 Å². The summed E-state index contributed by atoms with van der Waals surface area (Å²) in [6, 6.07) is 14.3. The molecule has 2 aromatic carbocycles. The molecule has 1 saturated heterocycles. The van der Waals surface area contributed by atoms with Crippen LogP contribution in [0.1, 0.15) is 19.3 Å². The van der Waals surface area contributed by atoms with E-state index in [-0.39, 0.29) is 12.0 Å². The summed E-state index contributed by atoms with van der Waals surface area (Å²) in [4.78, 5) is 0. The first kappa shape index (κ1) is 13.8. The molecule has 4 heteroatoms. The summed E-state index contributed by atoms with van der Waals surface area (Å²) < 4.78 is 17.2. The molecule has 1 atom stereocenters. The van der Waals surface area contributed by atoms with Gasteiger partial charge in [-0.1, -0.05) is 24.3 Å². The topological polar surface area (TPSA) is 47.9 Å². The molecule has 3 rings (SSSR count). The first-order valence-electron chi connectivity index (χ1n) is 7.16. The van der Waals surface area contributed by atoms with Crippen LogP contribution in [0.15, 0.2) is 48.5 Å². The quantitative estimate of drug-likeness (QED) is 0.919. The van der Waals surface area contributed by atoms with Crippen molar-refractivity contribution in [1.29, 1.82) is 0 Å². The van der Waals surface area contributed by atoms with Crippen LogP contribution in [0, 0.1) is 0 Å². The van der Waals surface area contributed by atoms with E-state index in [1.54, 1.807) is 18.2 Å². The summed E-state index contributed by atoms with van der Waals surface area (Å²) in [5.41, 5.74) is 0. The van der Waals surface area contributed by atoms with E-state index in [2.05, 4.69) is 0 Å². The average Bonchev–Trinajstić information content (AvgIpc) is 2.52. The van der Waals surface area contributed by atoms with Crippen molar-refractivity contribution in [2.24, 2.45) is 0 Å². The van der Waals surface area contributed by atoms with Crippen molar-refractivity contribution in [2.45, 2.75) is 25.6 Å². The van der Waals surface area contributed by atoms with E-state index in [0.717, 1.165) is 25.9 Å². The fourth-order valence-electron chi connectivity index (χ4n) is 2.24. The highest BCUT2D eigenvalue weighted by molar-refractivity contribution is 5.46. The fraction of sp³-hybridized carbons (Fsp3) is 0.294. The minimum atomic E-state index is -0.229. The normalized spacial score (nSPS) is 18.2. The van der Waals surface area contributed by atoms with Gasteiger partial charge in [0.25, 0.3) is 0 Å². The van der Waals surface area contributed by atoms with Gasteiger partial charge < -0.3 is 19.3 Å². The molecule has 110 valence electrons. The molecule has 1 heterocycles. The van der Waals surface area contributed by atoms with E-state index >= 15 is 0 Å². The molecule has 21 heavy (non-hydrogen) atoms. The van der Waals surface area contributed by atoms with Crippen LogP contribution in [0.25, 0.3) is 0 Å². The Balaban J connectivity index is 1.77. The molecule has 0 aromatic heterocycles. The van der Waals surface area contributed by atoms with Gasteiger partial charge in [0.1, 0.15) is 0 Å². The van der Waals surface area contributed by atoms with Crippen LogP contribution in [-0.4, -0.2) is 18.0 Å². The summed E-state index contributed by atoms with van der Waals surface area (Å²) in [7, 11) is 0. The van der Waals surface area contributed by atoms with E-state index in [0.29, 0.717) is 17.2 Å². The van der Waals surface area contributed by atoms with Crippen LogP contribution in [0.4, 0.5) is 0 Å². The van der Waals surface area contributed by atoms with E-state index in [1.807, 2.05) is 30.3 Å². The molecular weight excluding hydrogens is 268 g/mol. The van der Waals surface area contributed by atoms with Gasteiger partial charge >= 0.3 is 0 Å². The second-order valence-corrected chi connectivity index (χ2v) is 4.93. The average molecular weight is 286 g/mol. The molecule has 4 nitrogen and oxygen atoms in total. The molecule has 1 fully saturated rings. The van der Waals surface area contributed by atoms with Crippen LogP contribution in [0.3, 0.4) is 0 Å². The van der Waals surface area contributed by atoms with E-state index in [4.69, 9.17) is 14.2 Å². The zero-order valence-corrected chi connectivity index (χ0v) is 11.7. The second-order valence-electron chi connectivity index (χ2n) is 4.93. The number of para-hydroxylation sites is 4. The molecule has 1 aliphatic rings. The van der Waals surface area contributed by atoms with Gasteiger partial charge in [-0.2, -0.15) is 0 Å². The highest BCUT2D eigenvalue weighted by Gasteiger charge is 2.17. The van der Waals surface area contributed by atoms with Crippen molar-refractivity contribution in [1.82, 2.24) is 0 Å². The minimum Gasteiger partial charge on any atom is -0.504 e. The molecular formula is C17H18O4. The van der Waals surface area contributed by atoms with Gasteiger partial charge in [-0.15, -0.1) is 0 Å². The molecule has 0 amide bonds. The van der Waals surface area contributed by atoms with Gasteiger partial charge in [0, 0.05) is 6.42 Å². The fourth-order valence-corrected chi connectivity index (χ4v) is 2.24. The third-order valence-corrected chi connectivity index (χ3v) is 3.33. The monoisotopic (exact) mass is 286 g/mol. The van der Waals surface area contributed by atoms with E-state index in [1.165, 1.54) is 0 Å². The van der Waals surface area contributed by atoms with Gasteiger partial charge in [-0.3, -0.25) is 0 Å². The van der Waals surface area contributed by atoms with Gasteiger partial charge in [-0.25, -0.2) is 0 Å². The smallest absolute Gasteiger partial charge is 0.200 e. The van der Waals surface area contributed by atoms with Crippen LogP contribution < -0.4 is 9.47 Å². The molecule has 0 radical (unpaired) electrons. The number of hydrogen-bond acceptors (Lipinski definition) is 4. The Kier molecular flexibility index (Phi) is 4.26. The maximum absolute atomic E-state index is 9.79. The van der Waals surface area contributed by atoms with Crippen molar-refractivity contribution in [3.05, 3.63) is 48.5 Å². The largest absolute Gasteiger partial charge is 0.504 e. The van der Waals surface area contributed by atoms with E-state index in [9.17, 15) is 5.11 Å². The summed E-state index contributed by atoms with van der Waals surface area (Å²) in [6.45, 7) is 0.729. The van der Waals surface area contributed by atoms with Crippen molar-refractivity contribution in [2.75, 3.05) is 6.61 Å². The maximum Gasteiger partial charge on any atom is 0.200 e. The van der Waals surface area contributed by atoms with Gasteiger partial charge in [0.15, 0.2) is 29.3 Å². The highest BCUT2D eigenvalue weighted by atomic mass is 16.7. The summed E-state index contributed by atoms with van der Waals surface area (Å²) in [5.74, 6) is 1.68. The molecule has 0 spiro atoms. The Morgan fingerprint density at radius 3 is 2.33 bits per heavy atom. The minimum absolute atomic E-state index is 0.0984. The van der Waals surface area contributed by atoms with Crippen LogP contribution in [0.5, 0.6) is 23.0 Å². The summed E-state index contributed by atoms with van der Waals surface area (Å²) in [6.07, 6.45) is 2.83. The Labute approximate surface area is 123 Å². The Morgan fingerprint density at radius 2 is 1.62 bits per heavy atom. The Hall–Kier alpha value is -2.20. The predicted molar refractivity (Wildman–Crippen MR) is 78.8 cm³/mol. The Bertz CT molecular complexity index is 591. The number of phenols is 1. The number of hydrogen-bond donors (Lipinski definition) is 1. The number of ether oxygens (including phenoxy) is 3. The number of phenolic OH excluding ortho intramolecular Hbond substituents is 1. The molecule has 1 unspecified atom stereocenters. The lowest BCUT2D eigenvalue weighted by Gasteiger charge is -2.24. The molecule has 0 aliphatic carbocycles.